The average Bonchev–Trinajstić information content (AvgIpc) is 3.26. The van der Waals surface area contributed by atoms with Crippen molar-refractivity contribution < 1.29 is 17.9 Å². The molecule has 0 saturated heterocycles. The molecule has 8 nitrogen and oxygen atoms in total. The third-order valence-corrected chi connectivity index (χ3v) is 5.95. The van der Waals surface area contributed by atoms with Gasteiger partial charge in [-0.15, -0.1) is 8.80 Å². The van der Waals surface area contributed by atoms with Gasteiger partial charge in [0.25, 0.3) is 0 Å². The van der Waals surface area contributed by atoms with Crippen molar-refractivity contribution in [2.24, 2.45) is 22.9 Å². The Kier molecular flexibility index (Phi) is 5.28. The van der Waals surface area contributed by atoms with Gasteiger partial charge in [-0.1, -0.05) is 0 Å². The largest absolute Gasteiger partial charge is 0.497 e. The minimum atomic E-state index is -4.05. The molecule has 0 aliphatic heterocycles. The molecule has 160 valence electrons. The summed E-state index contributed by atoms with van der Waals surface area (Å²) >= 11 is 0. The third kappa shape index (κ3) is 4.04. The summed E-state index contributed by atoms with van der Waals surface area (Å²) in [5, 5.41) is 1.85. The first-order chi connectivity index (χ1) is 14.8. The van der Waals surface area contributed by atoms with Gasteiger partial charge in [0.05, 0.1) is 38.0 Å². The molecule has 4 rings (SSSR count). The number of hydrogen-bond acceptors (Lipinski definition) is 4. The second-order valence-corrected chi connectivity index (χ2v) is 8.34. The summed E-state index contributed by atoms with van der Waals surface area (Å²) in [5.41, 5.74) is 3.15. The van der Waals surface area contributed by atoms with Gasteiger partial charge in [-0.3, -0.25) is 0 Å². The van der Waals surface area contributed by atoms with E-state index in [0.29, 0.717) is 11.4 Å². The molecule has 0 fully saturated rings. The van der Waals surface area contributed by atoms with Crippen molar-refractivity contribution in [3.05, 3.63) is 59.9 Å². The topological polar surface area (TPSA) is 87.2 Å². The fraction of sp³-hybridized carbons (Fsp3) is 0.182. The lowest BCUT2D eigenvalue weighted by Gasteiger charge is -2.01. The van der Waals surface area contributed by atoms with E-state index < -0.39 is 10.2 Å². The van der Waals surface area contributed by atoms with Crippen molar-refractivity contribution in [1.82, 2.24) is 9.13 Å². The molecule has 0 N–H and O–H groups in total. The van der Waals surface area contributed by atoms with Gasteiger partial charge in [-0.2, -0.15) is 8.42 Å². The Labute approximate surface area is 180 Å². The smallest absolute Gasteiger partial charge is 0.363 e. The van der Waals surface area contributed by atoms with Crippen LogP contribution in [0.5, 0.6) is 11.5 Å². The van der Waals surface area contributed by atoms with E-state index in [2.05, 4.69) is 8.80 Å². The quantitative estimate of drug-likeness (QED) is 0.431. The number of ether oxygens (including phenoxy) is 2. The molecule has 0 spiro atoms. The van der Waals surface area contributed by atoms with Gasteiger partial charge in [-0.05, 0) is 48.5 Å². The first-order valence-electron chi connectivity index (χ1n) is 9.44. The highest BCUT2D eigenvalue weighted by Crippen LogP contribution is 2.24. The van der Waals surface area contributed by atoms with Crippen molar-refractivity contribution in [2.75, 3.05) is 14.2 Å². The molecule has 0 aliphatic rings. The average molecular weight is 439 g/mol. The van der Waals surface area contributed by atoms with Crippen molar-refractivity contribution in [1.29, 1.82) is 0 Å². The van der Waals surface area contributed by atoms with Gasteiger partial charge in [0, 0.05) is 35.9 Å². The number of benzene rings is 2. The number of methoxy groups -OCH3 is 2. The summed E-state index contributed by atoms with van der Waals surface area (Å²) in [4.78, 5) is 0. The maximum atomic E-state index is 12.4. The van der Waals surface area contributed by atoms with Crippen molar-refractivity contribution in [2.45, 2.75) is 0 Å². The van der Waals surface area contributed by atoms with Crippen LogP contribution in [0.4, 0.5) is 0 Å². The fourth-order valence-corrected chi connectivity index (χ4v) is 4.00. The number of rotatable bonds is 6. The number of aromatic nitrogens is 2. The van der Waals surface area contributed by atoms with Gasteiger partial charge < -0.3 is 18.6 Å². The highest BCUT2D eigenvalue weighted by Gasteiger charge is 2.09. The van der Waals surface area contributed by atoms with Crippen LogP contribution in [0.1, 0.15) is 11.4 Å². The molecular formula is C22H22N4O4S. The molecule has 2 aromatic heterocycles. The Morgan fingerprint density at radius 3 is 1.55 bits per heavy atom. The van der Waals surface area contributed by atoms with E-state index in [-0.39, 0.29) is 0 Å². The minimum Gasteiger partial charge on any atom is -0.497 e. The van der Waals surface area contributed by atoms with Crippen molar-refractivity contribution >= 4 is 44.4 Å². The second kappa shape index (κ2) is 7.92. The van der Waals surface area contributed by atoms with E-state index >= 15 is 0 Å². The molecule has 9 heteroatoms. The Morgan fingerprint density at radius 2 is 1.16 bits per heavy atom. The van der Waals surface area contributed by atoms with E-state index in [9.17, 15) is 8.42 Å². The van der Waals surface area contributed by atoms with Gasteiger partial charge >= 0.3 is 10.2 Å². The normalized spacial score (nSPS) is 12.5. The number of aryl methyl sites for hydroxylation is 2. The monoisotopic (exact) mass is 438 g/mol. The number of fused-ring (bicyclic) bond motifs is 2. The summed E-state index contributed by atoms with van der Waals surface area (Å²) in [7, 11) is 2.84. The molecule has 2 aromatic carbocycles. The Hall–Kier alpha value is -3.59. The first kappa shape index (κ1) is 20.7. The zero-order valence-electron chi connectivity index (χ0n) is 17.6. The van der Waals surface area contributed by atoms with Crippen LogP contribution in [0.25, 0.3) is 21.8 Å². The first-order valence-corrected chi connectivity index (χ1v) is 10.8. The van der Waals surface area contributed by atoms with Gasteiger partial charge in [0.1, 0.15) is 11.5 Å². The molecule has 0 amide bonds. The summed E-state index contributed by atoms with van der Waals surface area (Å²) in [6.07, 6.45) is 2.59. The van der Waals surface area contributed by atoms with E-state index in [4.69, 9.17) is 9.47 Å². The molecule has 0 radical (unpaired) electrons. The lowest BCUT2D eigenvalue weighted by Crippen LogP contribution is -1.99. The lowest BCUT2D eigenvalue weighted by molar-refractivity contribution is 0.415. The number of hydrogen-bond donors (Lipinski definition) is 0. The summed E-state index contributed by atoms with van der Waals surface area (Å²) in [6.45, 7) is 0. The Morgan fingerprint density at radius 1 is 0.742 bits per heavy atom. The number of nitrogens with zero attached hydrogens (tertiary/aromatic N) is 4. The summed E-state index contributed by atoms with van der Waals surface area (Å²) < 4.78 is 46.4. The highest BCUT2D eigenvalue weighted by atomic mass is 32.2. The third-order valence-electron chi connectivity index (χ3n) is 5.21. The van der Waals surface area contributed by atoms with Gasteiger partial charge in [-0.25, -0.2) is 0 Å². The molecule has 4 aromatic rings. The zero-order chi connectivity index (χ0) is 22.2. The summed E-state index contributed by atoms with van der Waals surface area (Å²) in [6, 6.07) is 15.0. The Bertz CT molecular complexity index is 1340. The van der Waals surface area contributed by atoms with Crippen LogP contribution in [0.3, 0.4) is 0 Å². The predicted molar refractivity (Wildman–Crippen MR) is 123 cm³/mol. The fourth-order valence-electron chi connectivity index (χ4n) is 3.47. The zero-order valence-corrected chi connectivity index (χ0v) is 18.4. The van der Waals surface area contributed by atoms with Crippen molar-refractivity contribution in [3.63, 3.8) is 0 Å². The van der Waals surface area contributed by atoms with Crippen LogP contribution in [0.15, 0.2) is 57.3 Å². The van der Waals surface area contributed by atoms with Crippen molar-refractivity contribution in [3.8, 4) is 11.5 Å². The van der Waals surface area contributed by atoms with Crippen LogP contribution in [0, 0.1) is 0 Å². The van der Waals surface area contributed by atoms with Gasteiger partial charge in [0.2, 0.25) is 0 Å². The molecule has 0 bridgehead atoms. The maximum absolute atomic E-state index is 12.4. The molecule has 31 heavy (non-hydrogen) atoms. The van der Waals surface area contributed by atoms with Gasteiger partial charge in [0.15, 0.2) is 0 Å². The van der Waals surface area contributed by atoms with E-state index in [1.165, 1.54) is 12.4 Å². The van der Waals surface area contributed by atoms with Crippen LogP contribution < -0.4 is 9.47 Å². The van der Waals surface area contributed by atoms with E-state index in [1.807, 2.05) is 71.8 Å². The molecule has 0 saturated carbocycles. The molecule has 0 aliphatic carbocycles. The Balaban J connectivity index is 1.61. The SMILES string of the molecule is COc1ccc2c(c1)cc(/C=N/S(=O)(=O)/N=C/c1cc3cc(OC)ccc3n1C)n2C. The van der Waals surface area contributed by atoms with Crippen LogP contribution >= 0.6 is 0 Å². The van der Waals surface area contributed by atoms with Crippen LogP contribution in [0.2, 0.25) is 0 Å². The maximum Gasteiger partial charge on any atom is 0.363 e. The molecule has 0 unspecified atom stereocenters. The second-order valence-electron chi connectivity index (χ2n) is 7.02. The standard InChI is InChI=1S/C22H22N4O4S/c1-25-17(9-15-11-19(29-3)5-7-21(15)25)13-23-31(27,28)24-14-18-10-16-12-20(30-4)6-8-22(16)26(18)2/h5-14H,1-4H3/b23-13+,24-14+. The minimum absolute atomic E-state index is 0.638. The highest BCUT2D eigenvalue weighted by molar-refractivity contribution is 7.89. The van der Waals surface area contributed by atoms with E-state index in [1.54, 1.807) is 14.2 Å². The lowest BCUT2D eigenvalue weighted by atomic mass is 10.2. The molecule has 0 atom stereocenters. The molecular weight excluding hydrogens is 416 g/mol. The van der Waals surface area contributed by atoms with Crippen LogP contribution in [-0.4, -0.2) is 44.2 Å². The molecule has 2 heterocycles. The predicted octanol–water partition coefficient (Wildman–Crippen LogP) is 3.47. The summed E-state index contributed by atoms with van der Waals surface area (Å²) in [5.74, 6) is 1.46. The van der Waals surface area contributed by atoms with Crippen LogP contribution in [-0.2, 0) is 24.3 Å². The van der Waals surface area contributed by atoms with E-state index in [0.717, 1.165) is 33.3 Å².